The van der Waals surface area contributed by atoms with E-state index in [9.17, 15) is 0 Å². The zero-order valence-electron chi connectivity index (χ0n) is 8.95. The Morgan fingerprint density at radius 2 is 1.93 bits per heavy atom. The van der Waals surface area contributed by atoms with Crippen LogP contribution in [0.3, 0.4) is 0 Å². The van der Waals surface area contributed by atoms with Gasteiger partial charge in [-0.25, -0.2) is 0 Å². The maximum absolute atomic E-state index is 2.55. The average molecular weight is 189 g/mol. The normalized spacial score (nSPS) is 16.1. The van der Waals surface area contributed by atoms with Crippen molar-refractivity contribution in [3.63, 3.8) is 0 Å². The van der Waals surface area contributed by atoms with Crippen LogP contribution < -0.4 is 0 Å². The Balaban J connectivity index is 1.87. The quantitative estimate of drug-likeness (QED) is 0.688. The predicted molar refractivity (Wildman–Crippen MR) is 60.1 cm³/mol. The van der Waals surface area contributed by atoms with Crippen molar-refractivity contribution in [3.05, 3.63) is 35.9 Å². The third-order valence-electron chi connectivity index (χ3n) is 2.91. The monoisotopic (exact) mass is 189 g/mol. The molecule has 0 unspecified atom stereocenters. The molecule has 1 heteroatoms. The van der Waals surface area contributed by atoms with E-state index in [1.807, 2.05) is 0 Å². The van der Waals surface area contributed by atoms with Crippen molar-refractivity contribution in [1.29, 1.82) is 0 Å². The molecule has 1 aromatic carbocycles. The molecule has 1 aromatic rings. The fourth-order valence-corrected chi connectivity index (χ4v) is 1.81. The molecular weight excluding hydrogens is 170 g/mol. The lowest BCUT2D eigenvalue weighted by molar-refractivity contribution is 0.268. The van der Waals surface area contributed by atoms with Gasteiger partial charge in [-0.15, -0.1) is 0 Å². The number of hydrogen-bond acceptors (Lipinski definition) is 1. The van der Waals surface area contributed by atoms with Crippen LogP contribution in [-0.4, -0.2) is 18.0 Å². The maximum atomic E-state index is 2.55. The van der Waals surface area contributed by atoms with Crippen molar-refractivity contribution in [1.82, 2.24) is 4.90 Å². The SMILES string of the molecule is CCN(Cc1ccccc1)CC1CC1. The molecular formula is C13H19N. The fourth-order valence-electron chi connectivity index (χ4n) is 1.81. The molecule has 0 amide bonds. The van der Waals surface area contributed by atoms with Crippen molar-refractivity contribution in [2.45, 2.75) is 26.3 Å². The van der Waals surface area contributed by atoms with Crippen LogP contribution in [0.4, 0.5) is 0 Å². The summed E-state index contributed by atoms with van der Waals surface area (Å²) in [4.78, 5) is 2.55. The van der Waals surface area contributed by atoms with E-state index in [4.69, 9.17) is 0 Å². The molecule has 0 bridgehead atoms. The summed E-state index contributed by atoms with van der Waals surface area (Å²) in [5.74, 6) is 0.999. The maximum Gasteiger partial charge on any atom is 0.0233 e. The Bertz CT molecular complexity index is 264. The standard InChI is InChI=1S/C13H19N/c1-2-14(11-13-8-9-13)10-12-6-4-3-5-7-12/h3-7,13H,2,8-11H2,1H3. The lowest BCUT2D eigenvalue weighted by Gasteiger charge is -2.19. The average Bonchev–Trinajstić information content (AvgIpc) is 3.02. The van der Waals surface area contributed by atoms with Crippen LogP contribution in [0.15, 0.2) is 30.3 Å². The van der Waals surface area contributed by atoms with Gasteiger partial charge in [0.1, 0.15) is 0 Å². The van der Waals surface area contributed by atoms with E-state index in [0.717, 1.165) is 12.5 Å². The van der Waals surface area contributed by atoms with Gasteiger partial charge in [0.05, 0.1) is 0 Å². The minimum atomic E-state index is 0.999. The fraction of sp³-hybridized carbons (Fsp3) is 0.538. The highest BCUT2D eigenvalue weighted by atomic mass is 15.1. The number of rotatable bonds is 5. The van der Waals surface area contributed by atoms with E-state index in [1.54, 1.807) is 0 Å². The molecule has 1 nitrogen and oxygen atoms in total. The van der Waals surface area contributed by atoms with Crippen molar-refractivity contribution in [2.24, 2.45) is 5.92 Å². The second-order valence-electron chi connectivity index (χ2n) is 4.26. The third kappa shape index (κ3) is 2.85. The minimum absolute atomic E-state index is 0.999. The molecule has 0 aromatic heterocycles. The molecule has 0 radical (unpaired) electrons. The summed E-state index contributed by atoms with van der Waals surface area (Å²) < 4.78 is 0. The molecule has 76 valence electrons. The Morgan fingerprint density at radius 3 is 2.50 bits per heavy atom. The van der Waals surface area contributed by atoms with E-state index in [2.05, 4.69) is 42.2 Å². The summed E-state index contributed by atoms with van der Waals surface area (Å²) in [7, 11) is 0. The second-order valence-corrected chi connectivity index (χ2v) is 4.26. The summed E-state index contributed by atoms with van der Waals surface area (Å²) in [6, 6.07) is 10.8. The van der Waals surface area contributed by atoms with Gasteiger partial charge < -0.3 is 0 Å². The first-order valence-corrected chi connectivity index (χ1v) is 5.64. The van der Waals surface area contributed by atoms with Gasteiger partial charge in [0.2, 0.25) is 0 Å². The van der Waals surface area contributed by atoms with Crippen LogP contribution >= 0.6 is 0 Å². The van der Waals surface area contributed by atoms with E-state index in [-0.39, 0.29) is 0 Å². The van der Waals surface area contributed by atoms with Gasteiger partial charge in [-0.3, -0.25) is 4.90 Å². The van der Waals surface area contributed by atoms with Crippen LogP contribution in [0.25, 0.3) is 0 Å². The van der Waals surface area contributed by atoms with Gasteiger partial charge in [-0.05, 0) is 30.9 Å². The third-order valence-corrected chi connectivity index (χ3v) is 2.91. The Hall–Kier alpha value is -0.820. The lowest BCUT2D eigenvalue weighted by Crippen LogP contribution is -2.25. The smallest absolute Gasteiger partial charge is 0.0233 e. The molecule has 2 rings (SSSR count). The molecule has 0 saturated heterocycles. The van der Waals surface area contributed by atoms with Crippen LogP contribution in [0.1, 0.15) is 25.3 Å². The van der Waals surface area contributed by atoms with Gasteiger partial charge in [0, 0.05) is 13.1 Å². The van der Waals surface area contributed by atoms with Gasteiger partial charge in [0.15, 0.2) is 0 Å². The summed E-state index contributed by atoms with van der Waals surface area (Å²) in [6.07, 6.45) is 2.90. The highest BCUT2D eigenvalue weighted by Crippen LogP contribution is 2.29. The summed E-state index contributed by atoms with van der Waals surface area (Å²) >= 11 is 0. The van der Waals surface area contributed by atoms with Crippen molar-refractivity contribution in [2.75, 3.05) is 13.1 Å². The first-order chi connectivity index (χ1) is 6.88. The van der Waals surface area contributed by atoms with Gasteiger partial charge in [-0.2, -0.15) is 0 Å². The Labute approximate surface area is 86.7 Å². The van der Waals surface area contributed by atoms with Gasteiger partial charge in [0.25, 0.3) is 0 Å². The Kier molecular flexibility index (Phi) is 3.20. The largest absolute Gasteiger partial charge is 0.299 e. The van der Waals surface area contributed by atoms with Crippen LogP contribution in [0.5, 0.6) is 0 Å². The molecule has 1 aliphatic carbocycles. The van der Waals surface area contributed by atoms with Crippen LogP contribution in [0.2, 0.25) is 0 Å². The van der Waals surface area contributed by atoms with Crippen molar-refractivity contribution in [3.8, 4) is 0 Å². The molecule has 0 aliphatic heterocycles. The highest BCUT2D eigenvalue weighted by Gasteiger charge is 2.23. The van der Waals surface area contributed by atoms with Crippen molar-refractivity contribution >= 4 is 0 Å². The zero-order valence-corrected chi connectivity index (χ0v) is 8.95. The molecule has 0 heterocycles. The minimum Gasteiger partial charge on any atom is -0.299 e. The van der Waals surface area contributed by atoms with Gasteiger partial charge in [-0.1, -0.05) is 37.3 Å². The van der Waals surface area contributed by atoms with E-state index in [0.29, 0.717) is 0 Å². The van der Waals surface area contributed by atoms with Gasteiger partial charge >= 0.3 is 0 Å². The summed E-state index contributed by atoms with van der Waals surface area (Å²) in [6.45, 7) is 5.84. The highest BCUT2D eigenvalue weighted by molar-refractivity contribution is 5.14. The lowest BCUT2D eigenvalue weighted by atomic mass is 10.2. The molecule has 1 saturated carbocycles. The predicted octanol–water partition coefficient (Wildman–Crippen LogP) is 2.92. The molecule has 14 heavy (non-hydrogen) atoms. The molecule has 1 fully saturated rings. The van der Waals surface area contributed by atoms with Crippen molar-refractivity contribution < 1.29 is 0 Å². The second kappa shape index (κ2) is 4.61. The number of benzene rings is 1. The van der Waals surface area contributed by atoms with E-state index in [1.165, 1.54) is 31.5 Å². The summed E-state index contributed by atoms with van der Waals surface area (Å²) in [5.41, 5.74) is 1.44. The molecule has 0 spiro atoms. The molecule has 0 N–H and O–H groups in total. The molecule has 0 atom stereocenters. The van der Waals surface area contributed by atoms with E-state index < -0.39 is 0 Å². The molecule has 1 aliphatic rings. The topological polar surface area (TPSA) is 3.24 Å². The first kappa shape index (κ1) is 9.72. The number of nitrogens with zero attached hydrogens (tertiary/aromatic N) is 1. The summed E-state index contributed by atoms with van der Waals surface area (Å²) in [5, 5.41) is 0. The zero-order chi connectivity index (χ0) is 9.80. The Morgan fingerprint density at radius 1 is 1.21 bits per heavy atom. The van der Waals surface area contributed by atoms with Crippen LogP contribution in [-0.2, 0) is 6.54 Å². The number of hydrogen-bond donors (Lipinski definition) is 0. The van der Waals surface area contributed by atoms with E-state index >= 15 is 0 Å². The van der Waals surface area contributed by atoms with Crippen LogP contribution in [0, 0.1) is 5.92 Å². The first-order valence-electron chi connectivity index (χ1n) is 5.64.